The number of hydrogen-bond acceptors (Lipinski definition) is 6. The number of aliphatic hydroxyl groups is 1. The Morgan fingerprint density at radius 1 is 1.15 bits per heavy atom. The van der Waals surface area contributed by atoms with Crippen LogP contribution in [0.4, 0.5) is 4.39 Å². The van der Waals surface area contributed by atoms with Crippen LogP contribution in [0, 0.1) is 11.7 Å². The zero-order valence-electron chi connectivity index (χ0n) is 28.0. The molecular weight excluding hydrogens is 631 g/mol. The summed E-state index contributed by atoms with van der Waals surface area (Å²) in [6.45, 7) is 6.12. The molecule has 1 aliphatic heterocycles. The second-order valence-corrected chi connectivity index (χ2v) is 13.1. The van der Waals surface area contributed by atoms with E-state index in [0.29, 0.717) is 66.7 Å². The molecule has 6 rings (SSSR count). The summed E-state index contributed by atoms with van der Waals surface area (Å²) in [7, 11) is 1.91. The Morgan fingerprint density at radius 2 is 1.96 bits per heavy atom. The minimum absolute atomic E-state index is 0.274. The van der Waals surface area contributed by atoms with E-state index >= 15 is 0 Å². The molecule has 0 amide bonds. The van der Waals surface area contributed by atoms with Gasteiger partial charge in [-0.05, 0) is 110 Å². The lowest BCUT2D eigenvalue weighted by atomic mass is 9.88. The Morgan fingerprint density at radius 3 is 2.73 bits per heavy atom. The van der Waals surface area contributed by atoms with Crippen LogP contribution in [-0.2, 0) is 34.2 Å². The molecule has 1 aromatic heterocycles. The van der Waals surface area contributed by atoms with Gasteiger partial charge in [-0.3, -0.25) is 4.68 Å². The van der Waals surface area contributed by atoms with Gasteiger partial charge in [0.05, 0.1) is 25.0 Å². The Balaban J connectivity index is 1.29. The van der Waals surface area contributed by atoms with Crippen molar-refractivity contribution in [1.29, 1.82) is 0 Å². The van der Waals surface area contributed by atoms with Gasteiger partial charge in [0.25, 0.3) is 0 Å². The van der Waals surface area contributed by atoms with E-state index in [9.17, 15) is 14.3 Å². The van der Waals surface area contributed by atoms with Gasteiger partial charge in [-0.1, -0.05) is 36.7 Å². The molecule has 1 unspecified atom stereocenters. The van der Waals surface area contributed by atoms with Gasteiger partial charge in [-0.15, -0.1) is 0 Å². The molecule has 1 N–H and O–H groups in total. The predicted molar refractivity (Wildman–Crippen MR) is 187 cm³/mol. The maximum absolute atomic E-state index is 13.8. The number of halogens is 2. The van der Waals surface area contributed by atoms with Crippen LogP contribution in [0.15, 0.2) is 54.1 Å². The molecule has 4 aromatic rings. The zero-order valence-corrected chi connectivity index (χ0v) is 28.7. The third-order valence-electron chi connectivity index (χ3n) is 9.74. The smallest absolute Gasteiger partial charge is 0.334 e. The monoisotopic (exact) mass is 674 g/mol. The van der Waals surface area contributed by atoms with E-state index in [-0.39, 0.29) is 18.4 Å². The molecule has 3 aromatic carbocycles. The number of allylic oxidation sites excluding steroid dienone is 1. The van der Waals surface area contributed by atoms with Crippen molar-refractivity contribution >= 4 is 33.9 Å². The second kappa shape index (κ2) is 15.2. The first kappa shape index (κ1) is 34.2. The highest BCUT2D eigenvalue weighted by molar-refractivity contribution is 6.34. The first-order valence-corrected chi connectivity index (χ1v) is 17.5. The highest BCUT2D eigenvalue weighted by Gasteiger charge is 2.33. The third-order valence-corrected chi connectivity index (χ3v) is 10.1. The van der Waals surface area contributed by atoms with Gasteiger partial charge in [-0.25, -0.2) is 9.18 Å². The summed E-state index contributed by atoms with van der Waals surface area (Å²) in [5.74, 6) is 0.606. The topological polar surface area (TPSA) is 82.8 Å². The van der Waals surface area contributed by atoms with Crippen LogP contribution in [0.1, 0.15) is 81.0 Å². The minimum atomic E-state index is -0.748. The molecule has 48 heavy (non-hydrogen) atoms. The van der Waals surface area contributed by atoms with Gasteiger partial charge in [0.1, 0.15) is 11.6 Å². The van der Waals surface area contributed by atoms with Crippen molar-refractivity contribution in [1.82, 2.24) is 9.78 Å². The largest absolute Gasteiger partial charge is 0.493 e. The average molecular weight is 675 g/mol. The van der Waals surface area contributed by atoms with Crippen molar-refractivity contribution < 1.29 is 28.5 Å². The van der Waals surface area contributed by atoms with Crippen LogP contribution in [0.2, 0.25) is 5.02 Å². The zero-order chi connectivity index (χ0) is 33.8. The van der Waals surface area contributed by atoms with Crippen LogP contribution in [0.5, 0.6) is 5.75 Å². The summed E-state index contributed by atoms with van der Waals surface area (Å²) in [6, 6.07) is 14.2. The van der Waals surface area contributed by atoms with E-state index in [1.165, 1.54) is 12.1 Å². The lowest BCUT2D eigenvalue weighted by molar-refractivity contribution is -0.138. The Hall–Kier alpha value is -3.72. The standard InChI is InChI=1S/C39H44ClFN2O5/c1-4-33-37(38(42-43(33)3)34(44)16-11-24-17-20-46-21-18-24)36-30-23-31(39(45)47-5-2)28(29(30)14-15-32(36)40)9-7-19-48-35-10-6-8-25-22-26(41)12-13-27(25)35/h6,8,10,12-15,22,24,34,44H,4-5,7,9,11,16-21,23H2,1-3H3. The fraction of sp³-hybridized carbons (Fsp3) is 0.436. The minimum Gasteiger partial charge on any atom is -0.493 e. The number of carbonyl (C=O) groups is 1. The summed E-state index contributed by atoms with van der Waals surface area (Å²) < 4.78 is 32.9. The normalized spacial score (nSPS) is 15.6. The molecule has 1 atom stereocenters. The fourth-order valence-corrected chi connectivity index (χ4v) is 7.61. The first-order valence-electron chi connectivity index (χ1n) is 17.1. The molecule has 7 nitrogen and oxygen atoms in total. The van der Waals surface area contributed by atoms with Crippen LogP contribution >= 0.6 is 11.6 Å². The van der Waals surface area contributed by atoms with E-state index in [1.54, 1.807) is 6.07 Å². The molecule has 0 radical (unpaired) electrons. The predicted octanol–water partition coefficient (Wildman–Crippen LogP) is 8.57. The van der Waals surface area contributed by atoms with Crippen LogP contribution in [0.3, 0.4) is 0 Å². The van der Waals surface area contributed by atoms with Crippen molar-refractivity contribution in [2.75, 3.05) is 26.4 Å². The molecule has 0 spiro atoms. The van der Waals surface area contributed by atoms with Gasteiger partial charge in [-0.2, -0.15) is 5.10 Å². The average Bonchev–Trinajstić information content (AvgIpc) is 3.62. The number of fused-ring (bicyclic) bond motifs is 2. The van der Waals surface area contributed by atoms with Crippen LogP contribution < -0.4 is 4.74 Å². The summed E-state index contributed by atoms with van der Waals surface area (Å²) in [4.78, 5) is 13.4. The molecule has 9 heteroatoms. The van der Waals surface area contributed by atoms with Gasteiger partial charge in [0, 0.05) is 59.5 Å². The van der Waals surface area contributed by atoms with E-state index in [4.69, 9.17) is 30.9 Å². The van der Waals surface area contributed by atoms with Gasteiger partial charge in [0.2, 0.25) is 0 Å². The Bertz CT molecular complexity index is 1830. The molecule has 1 aliphatic carbocycles. The maximum Gasteiger partial charge on any atom is 0.334 e. The van der Waals surface area contributed by atoms with Crippen molar-refractivity contribution in [2.24, 2.45) is 13.0 Å². The third kappa shape index (κ3) is 7.02. The lowest BCUT2D eigenvalue weighted by Gasteiger charge is -2.23. The number of aryl methyl sites for hydroxylation is 1. The summed E-state index contributed by atoms with van der Waals surface area (Å²) in [5.41, 5.74) is 6.78. The van der Waals surface area contributed by atoms with Crippen molar-refractivity contribution in [3.05, 3.63) is 87.5 Å². The van der Waals surface area contributed by atoms with Crippen molar-refractivity contribution in [2.45, 2.75) is 71.3 Å². The van der Waals surface area contributed by atoms with E-state index in [0.717, 1.165) is 76.8 Å². The first-order chi connectivity index (χ1) is 23.3. The van der Waals surface area contributed by atoms with E-state index in [2.05, 4.69) is 6.92 Å². The molecule has 1 saturated heterocycles. The number of rotatable bonds is 13. The molecule has 254 valence electrons. The Kier molecular flexibility index (Phi) is 10.8. The van der Waals surface area contributed by atoms with E-state index in [1.807, 2.05) is 49.0 Å². The van der Waals surface area contributed by atoms with Crippen molar-refractivity contribution in [3.63, 3.8) is 0 Å². The molecule has 1 fully saturated rings. The van der Waals surface area contributed by atoms with Crippen LogP contribution in [0.25, 0.3) is 27.5 Å². The lowest BCUT2D eigenvalue weighted by Crippen LogP contribution is -2.16. The number of carbonyl (C=O) groups excluding carboxylic acids is 1. The van der Waals surface area contributed by atoms with E-state index < -0.39 is 6.10 Å². The Labute approximate surface area is 286 Å². The quantitative estimate of drug-likeness (QED) is 0.113. The summed E-state index contributed by atoms with van der Waals surface area (Å²) in [6.07, 6.45) is 5.11. The second-order valence-electron chi connectivity index (χ2n) is 12.7. The van der Waals surface area contributed by atoms with Crippen molar-refractivity contribution in [3.8, 4) is 16.9 Å². The van der Waals surface area contributed by atoms with Gasteiger partial charge >= 0.3 is 5.97 Å². The molecule has 2 aliphatic rings. The highest BCUT2D eigenvalue weighted by atomic mass is 35.5. The molecule has 2 heterocycles. The number of aromatic nitrogens is 2. The molecule has 0 saturated carbocycles. The number of benzene rings is 3. The highest BCUT2D eigenvalue weighted by Crippen LogP contribution is 2.47. The number of hydrogen-bond donors (Lipinski definition) is 1. The molecular formula is C39H44ClFN2O5. The van der Waals surface area contributed by atoms with Gasteiger partial charge < -0.3 is 19.3 Å². The number of aliphatic hydroxyl groups excluding tert-OH is 1. The number of esters is 1. The summed E-state index contributed by atoms with van der Waals surface area (Å²) >= 11 is 7.03. The SMILES string of the molecule is CCOC(=O)C1=C(CCCOc2cccc3cc(F)ccc23)c2ccc(Cl)c(-c3c(C(O)CCC4CCOCC4)nn(C)c3CC)c2C1. The summed E-state index contributed by atoms with van der Waals surface area (Å²) in [5, 5.41) is 18.6. The van der Waals surface area contributed by atoms with Gasteiger partial charge in [0.15, 0.2) is 0 Å². The number of nitrogens with zero attached hydrogens (tertiary/aromatic N) is 2. The maximum atomic E-state index is 13.8. The fourth-order valence-electron chi connectivity index (χ4n) is 7.34. The number of ether oxygens (including phenoxy) is 3. The van der Waals surface area contributed by atoms with Crippen LogP contribution in [-0.4, -0.2) is 47.3 Å². The molecule has 0 bridgehead atoms.